The van der Waals surface area contributed by atoms with Crippen LogP contribution in [0.4, 0.5) is 10.1 Å². The number of hydrogen-bond donors (Lipinski definition) is 3. The topological polar surface area (TPSA) is 107 Å². The van der Waals surface area contributed by atoms with E-state index < -0.39 is 11.9 Å². The molecule has 1 saturated carbocycles. The molecule has 2 fully saturated rings. The number of nitrogens with zero attached hydrogens (tertiary/aromatic N) is 1. The molecule has 2 unspecified atom stereocenters. The molecule has 148 valence electrons. The van der Waals surface area contributed by atoms with Crippen molar-refractivity contribution in [1.29, 1.82) is 0 Å². The molecule has 7 nitrogen and oxygen atoms in total. The molecule has 1 aliphatic carbocycles. The van der Waals surface area contributed by atoms with E-state index in [0.29, 0.717) is 6.54 Å². The van der Waals surface area contributed by atoms with Gasteiger partial charge in [-0.3, -0.25) is 9.69 Å². The average Bonchev–Trinajstić information content (AvgIpc) is 2.64. The second-order valence-electron chi connectivity index (χ2n) is 6.97. The number of carbonyl (C=O) groups excluding carboxylic acids is 1. The summed E-state index contributed by atoms with van der Waals surface area (Å²) < 4.78 is 13.5. The number of aliphatic carboxylic acids is 2. The minimum absolute atomic E-state index is 0.116. The number of piperidine rings is 1. The molecule has 0 spiro atoms. The smallest absolute Gasteiger partial charge is 0.414 e. The summed E-state index contributed by atoms with van der Waals surface area (Å²) in [5.74, 6) is -2.52. The molecule has 3 N–H and O–H groups in total. The molecule has 0 aromatic heterocycles. The van der Waals surface area contributed by atoms with Gasteiger partial charge in [0.1, 0.15) is 5.82 Å². The number of carbonyl (C=O) groups is 3. The third-order valence-corrected chi connectivity index (χ3v) is 5.07. The highest BCUT2D eigenvalue weighted by Gasteiger charge is 2.31. The van der Waals surface area contributed by atoms with Crippen molar-refractivity contribution in [2.45, 2.75) is 32.1 Å². The SMILES string of the molecule is O=C(CN1CCC2CCCCC2C1)Nc1ccccc1F.O=C(O)C(=O)O. The summed E-state index contributed by atoms with van der Waals surface area (Å²) in [7, 11) is 0. The van der Waals surface area contributed by atoms with Crippen LogP contribution < -0.4 is 5.32 Å². The van der Waals surface area contributed by atoms with Gasteiger partial charge in [0.15, 0.2) is 0 Å². The summed E-state index contributed by atoms with van der Waals surface area (Å²) in [5, 5.41) is 17.5. The highest BCUT2D eigenvalue weighted by Crippen LogP contribution is 2.35. The summed E-state index contributed by atoms with van der Waals surface area (Å²) in [5.41, 5.74) is 0.273. The molecule has 1 aromatic rings. The lowest BCUT2D eigenvalue weighted by Gasteiger charge is -2.41. The van der Waals surface area contributed by atoms with Crippen molar-refractivity contribution in [2.24, 2.45) is 11.8 Å². The van der Waals surface area contributed by atoms with Crippen molar-refractivity contribution in [3.05, 3.63) is 30.1 Å². The number of rotatable bonds is 3. The number of benzene rings is 1. The van der Waals surface area contributed by atoms with Crippen molar-refractivity contribution in [1.82, 2.24) is 4.90 Å². The monoisotopic (exact) mass is 380 g/mol. The Morgan fingerprint density at radius 1 is 1.04 bits per heavy atom. The van der Waals surface area contributed by atoms with E-state index in [1.807, 2.05) is 0 Å². The number of carboxylic acid groups (broad SMARTS) is 2. The van der Waals surface area contributed by atoms with Crippen LogP contribution in [0.25, 0.3) is 0 Å². The fourth-order valence-corrected chi connectivity index (χ4v) is 3.78. The predicted octanol–water partition coefficient (Wildman–Crippen LogP) is 2.43. The zero-order valence-electron chi connectivity index (χ0n) is 15.1. The second-order valence-corrected chi connectivity index (χ2v) is 6.97. The molecule has 1 amide bonds. The lowest BCUT2D eigenvalue weighted by molar-refractivity contribution is -0.159. The van der Waals surface area contributed by atoms with Crippen LogP contribution >= 0.6 is 0 Å². The van der Waals surface area contributed by atoms with Crippen LogP contribution in [0.1, 0.15) is 32.1 Å². The van der Waals surface area contributed by atoms with Gasteiger partial charge in [0.2, 0.25) is 5.91 Å². The molecular weight excluding hydrogens is 355 g/mol. The quantitative estimate of drug-likeness (QED) is 0.696. The number of likely N-dealkylation sites (tertiary alicyclic amines) is 1. The maximum Gasteiger partial charge on any atom is 0.414 e. The first kappa shape index (κ1) is 20.8. The lowest BCUT2D eigenvalue weighted by Crippen LogP contribution is -2.44. The van der Waals surface area contributed by atoms with Crippen molar-refractivity contribution in [3.63, 3.8) is 0 Å². The van der Waals surface area contributed by atoms with Crippen molar-refractivity contribution in [3.8, 4) is 0 Å². The number of hydrogen-bond acceptors (Lipinski definition) is 4. The van der Waals surface area contributed by atoms with Gasteiger partial charge in [0.05, 0.1) is 12.2 Å². The van der Waals surface area contributed by atoms with Crippen LogP contribution in [0.5, 0.6) is 0 Å². The number of para-hydroxylation sites is 1. The van der Waals surface area contributed by atoms with Gasteiger partial charge in [0, 0.05) is 6.54 Å². The van der Waals surface area contributed by atoms with E-state index in [1.165, 1.54) is 38.2 Å². The third-order valence-electron chi connectivity index (χ3n) is 5.07. The van der Waals surface area contributed by atoms with Crippen LogP contribution in [0.15, 0.2) is 24.3 Å². The highest BCUT2D eigenvalue weighted by molar-refractivity contribution is 6.27. The van der Waals surface area contributed by atoms with Gasteiger partial charge >= 0.3 is 11.9 Å². The standard InChI is InChI=1S/C17H23FN2O.C2H2O4/c18-15-7-3-4-8-16(15)19-17(21)12-20-10-9-13-5-1-2-6-14(13)11-20;3-1(4)2(5)6/h3-4,7-8,13-14H,1-2,5-6,9-12H2,(H,19,21);(H,3,4)(H,5,6). The molecule has 2 aliphatic rings. The summed E-state index contributed by atoms with van der Waals surface area (Å²) in [6.45, 7) is 2.39. The van der Waals surface area contributed by atoms with Gasteiger partial charge in [-0.15, -0.1) is 0 Å². The van der Waals surface area contributed by atoms with Crippen LogP contribution in [0.3, 0.4) is 0 Å². The zero-order chi connectivity index (χ0) is 19.8. The summed E-state index contributed by atoms with van der Waals surface area (Å²) in [6.07, 6.45) is 6.57. The number of fused-ring (bicyclic) bond motifs is 1. The Morgan fingerprint density at radius 2 is 1.67 bits per heavy atom. The van der Waals surface area contributed by atoms with Crippen LogP contribution in [0, 0.1) is 17.7 Å². The van der Waals surface area contributed by atoms with Crippen molar-refractivity contribution < 1.29 is 29.0 Å². The first-order valence-corrected chi connectivity index (χ1v) is 9.09. The van der Waals surface area contributed by atoms with E-state index in [2.05, 4.69) is 10.2 Å². The van der Waals surface area contributed by atoms with Gasteiger partial charge in [-0.25, -0.2) is 14.0 Å². The molecule has 1 heterocycles. The van der Waals surface area contributed by atoms with E-state index in [-0.39, 0.29) is 17.4 Å². The number of anilines is 1. The van der Waals surface area contributed by atoms with E-state index in [4.69, 9.17) is 19.8 Å². The van der Waals surface area contributed by atoms with E-state index in [9.17, 15) is 9.18 Å². The number of amides is 1. The maximum absolute atomic E-state index is 13.5. The van der Waals surface area contributed by atoms with E-state index in [0.717, 1.165) is 24.9 Å². The van der Waals surface area contributed by atoms with Gasteiger partial charge in [-0.2, -0.15) is 0 Å². The van der Waals surface area contributed by atoms with Gasteiger partial charge in [-0.05, 0) is 43.4 Å². The third kappa shape index (κ3) is 6.63. The normalized spacial score (nSPS) is 22.0. The highest BCUT2D eigenvalue weighted by atomic mass is 19.1. The summed E-state index contributed by atoms with van der Waals surface area (Å²) in [4.78, 5) is 32.5. The van der Waals surface area contributed by atoms with Crippen molar-refractivity contribution >= 4 is 23.5 Å². The van der Waals surface area contributed by atoms with Crippen LogP contribution in [-0.4, -0.2) is 52.6 Å². The molecule has 1 aliphatic heterocycles. The largest absolute Gasteiger partial charge is 0.473 e. The van der Waals surface area contributed by atoms with Gasteiger partial charge < -0.3 is 15.5 Å². The molecule has 8 heteroatoms. The molecule has 3 rings (SSSR count). The molecule has 0 radical (unpaired) electrons. The maximum atomic E-state index is 13.5. The Kier molecular flexibility index (Phi) is 7.72. The fourth-order valence-electron chi connectivity index (χ4n) is 3.78. The molecular formula is C19H25FN2O5. The Hall–Kier alpha value is -2.48. The number of nitrogens with one attached hydrogen (secondary N) is 1. The molecule has 2 atom stereocenters. The molecule has 27 heavy (non-hydrogen) atoms. The Balaban J connectivity index is 0.000000380. The van der Waals surface area contributed by atoms with Gasteiger partial charge in [-0.1, -0.05) is 31.4 Å². The summed E-state index contributed by atoms with van der Waals surface area (Å²) >= 11 is 0. The van der Waals surface area contributed by atoms with Gasteiger partial charge in [0.25, 0.3) is 0 Å². The Bertz CT molecular complexity index is 670. The van der Waals surface area contributed by atoms with Crippen LogP contribution in [0.2, 0.25) is 0 Å². The summed E-state index contributed by atoms with van der Waals surface area (Å²) in [6, 6.07) is 6.31. The van der Waals surface area contributed by atoms with Crippen LogP contribution in [-0.2, 0) is 14.4 Å². The first-order chi connectivity index (χ1) is 12.9. The lowest BCUT2D eigenvalue weighted by atomic mass is 9.75. The predicted molar refractivity (Wildman–Crippen MR) is 96.8 cm³/mol. The minimum Gasteiger partial charge on any atom is -0.473 e. The number of carboxylic acids is 2. The Morgan fingerprint density at radius 3 is 2.30 bits per heavy atom. The van der Waals surface area contributed by atoms with E-state index >= 15 is 0 Å². The zero-order valence-corrected chi connectivity index (χ0v) is 15.1. The second kappa shape index (κ2) is 10.0. The average molecular weight is 380 g/mol. The minimum atomic E-state index is -1.82. The fraction of sp³-hybridized carbons (Fsp3) is 0.526. The molecule has 0 bridgehead atoms. The molecule has 1 saturated heterocycles. The Labute approximate surface area is 157 Å². The first-order valence-electron chi connectivity index (χ1n) is 9.09. The van der Waals surface area contributed by atoms with Crippen molar-refractivity contribution in [2.75, 3.05) is 25.0 Å². The number of halogens is 1. The van der Waals surface area contributed by atoms with E-state index in [1.54, 1.807) is 18.2 Å². The molecule has 1 aromatic carbocycles.